The molecule has 0 fully saturated rings. The molecule has 0 aromatic rings. The SMILES string of the molecule is CCCCCCNC(=S)NCCCOCC(CC)CCCC. The van der Waals surface area contributed by atoms with Crippen molar-refractivity contribution in [3.8, 4) is 0 Å². The first-order valence-corrected chi connectivity index (χ1v) is 9.74. The summed E-state index contributed by atoms with van der Waals surface area (Å²) < 4.78 is 5.79. The van der Waals surface area contributed by atoms with E-state index in [1.54, 1.807) is 0 Å². The smallest absolute Gasteiger partial charge is 0.166 e. The van der Waals surface area contributed by atoms with Crippen molar-refractivity contribution in [1.29, 1.82) is 0 Å². The Kier molecular flexibility index (Phi) is 16.7. The second kappa shape index (κ2) is 17.0. The van der Waals surface area contributed by atoms with Crippen molar-refractivity contribution in [2.45, 2.75) is 78.6 Å². The quantitative estimate of drug-likeness (QED) is 0.338. The lowest BCUT2D eigenvalue weighted by Gasteiger charge is -2.15. The lowest BCUT2D eigenvalue weighted by molar-refractivity contribution is 0.0927. The molecule has 0 spiro atoms. The van der Waals surface area contributed by atoms with E-state index in [9.17, 15) is 0 Å². The molecule has 0 aliphatic heterocycles. The molecule has 0 aromatic carbocycles. The maximum Gasteiger partial charge on any atom is 0.166 e. The summed E-state index contributed by atoms with van der Waals surface area (Å²) in [6, 6.07) is 0. The van der Waals surface area contributed by atoms with Gasteiger partial charge in [-0.05, 0) is 37.4 Å². The molecule has 0 radical (unpaired) electrons. The van der Waals surface area contributed by atoms with Crippen LogP contribution in [0.4, 0.5) is 0 Å². The summed E-state index contributed by atoms with van der Waals surface area (Å²) in [6.07, 6.45) is 11.2. The Labute approximate surface area is 144 Å². The van der Waals surface area contributed by atoms with Gasteiger partial charge in [-0.2, -0.15) is 0 Å². The summed E-state index contributed by atoms with van der Waals surface area (Å²) in [7, 11) is 0. The van der Waals surface area contributed by atoms with Gasteiger partial charge in [0.1, 0.15) is 0 Å². The van der Waals surface area contributed by atoms with Crippen LogP contribution >= 0.6 is 12.2 Å². The van der Waals surface area contributed by atoms with Crippen molar-refractivity contribution < 1.29 is 4.74 Å². The molecule has 0 aliphatic carbocycles. The van der Waals surface area contributed by atoms with Gasteiger partial charge in [-0.3, -0.25) is 0 Å². The molecule has 1 unspecified atom stereocenters. The Morgan fingerprint density at radius 3 is 2.23 bits per heavy atom. The highest BCUT2D eigenvalue weighted by Gasteiger charge is 2.05. The van der Waals surface area contributed by atoms with Crippen molar-refractivity contribution >= 4 is 17.3 Å². The van der Waals surface area contributed by atoms with Gasteiger partial charge in [0.25, 0.3) is 0 Å². The van der Waals surface area contributed by atoms with E-state index in [0.717, 1.165) is 43.8 Å². The fraction of sp³-hybridized carbons (Fsp3) is 0.944. The number of nitrogens with one attached hydrogen (secondary N) is 2. The molecule has 0 aromatic heterocycles. The maximum absolute atomic E-state index is 5.79. The molecule has 0 amide bonds. The zero-order chi connectivity index (χ0) is 16.5. The van der Waals surface area contributed by atoms with E-state index < -0.39 is 0 Å². The summed E-state index contributed by atoms with van der Waals surface area (Å²) in [4.78, 5) is 0. The molecular weight excluding hydrogens is 292 g/mol. The van der Waals surface area contributed by atoms with Crippen LogP contribution in [0.2, 0.25) is 0 Å². The van der Waals surface area contributed by atoms with Gasteiger partial charge in [0.2, 0.25) is 0 Å². The molecule has 0 bridgehead atoms. The lowest BCUT2D eigenvalue weighted by atomic mass is 10.0. The van der Waals surface area contributed by atoms with Gasteiger partial charge in [0.05, 0.1) is 0 Å². The van der Waals surface area contributed by atoms with Crippen molar-refractivity contribution in [1.82, 2.24) is 10.6 Å². The highest BCUT2D eigenvalue weighted by Crippen LogP contribution is 2.12. The standard InChI is InChI=1S/C18H38N2OS/c1-4-7-9-10-13-19-18(22)20-14-11-15-21-16-17(6-3)12-8-5-2/h17H,4-16H2,1-3H3,(H2,19,20,22). The number of hydrogen-bond donors (Lipinski definition) is 2. The van der Waals surface area contributed by atoms with E-state index in [4.69, 9.17) is 17.0 Å². The zero-order valence-electron chi connectivity index (χ0n) is 15.1. The molecule has 1 atom stereocenters. The molecule has 0 rings (SSSR count). The topological polar surface area (TPSA) is 33.3 Å². The summed E-state index contributed by atoms with van der Waals surface area (Å²) in [5, 5.41) is 7.30. The Hall–Kier alpha value is -0.350. The monoisotopic (exact) mass is 330 g/mol. The number of ether oxygens (including phenoxy) is 1. The van der Waals surface area contributed by atoms with Gasteiger partial charge in [0.15, 0.2) is 5.11 Å². The van der Waals surface area contributed by atoms with Crippen LogP contribution in [0, 0.1) is 5.92 Å². The van der Waals surface area contributed by atoms with Crippen LogP contribution in [0.5, 0.6) is 0 Å². The lowest BCUT2D eigenvalue weighted by Crippen LogP contribution is -2.36. The number of unbranched alkanes of at least 4 members (excludes halogenated alkanes) is 4. The molecule has 0 aliphatic rings. The number of rotatable bonds is 15. The number of thiocarbonyl (C=S) groups is 1. The Morgan fingerprint density at radius 2 is 1.59 bits per heavy atom. The first kappa shape index (κ1) is 21.6. The minimum absolute atomic E-state index is 0.735. The molecular formula is C18H38N2OS. The Bertz CT molecular complexity index is 249. The fourth-order valence-corrected chi connectivity index (χ4v) is 2.54. The Balaban J connectivity index is 3.35. The third-order valence-corrected chi connectivity index (χ3v) is 4.25. The molecule has 0 saturated heterocycles. The highest BCUT2D eigenvalue weighted by molar-refractivity contribution is 7.80. The Morgan fingerprint density at radius 1 is 0.909 bits per heavy atom. The number of hydrogen-bond acceptors (Lipinski definition) is 2. The van der Waals surface area contributed by atoms with Crippen LogP contribution in [-0.2, 0) is 4.74 Å². The van der Waals surface area contributed by atoms with E-state index in [2.05, 4.69) is 31.4 Å². The second-order valence-electron chi connectivity index (χ2n) is 6.09. The maximum atomic E-state index is 5.79. The van der Waals surface area contributed by atoms with Crippen molar-refractivity contribution in [3.63, 3.8) is 0 Å². The van der Waals surface area contributed by atoms with E-state index in [0.29, 0.717) is 0 Å². The predicted octanol–water partition coefficient (Wildman–Crippen LogP) is 4.65. The molecule has 0 heterocycles. The summed E-state index contributed by atoms with van der Waals surface area (Å²) in [5.41, 5.74) is 0. The molecule has 2 N–H and O–H groups in total. The van der Waals surface area contributed by atoms with E-state index in [-0.39, 0.29) is 0 Å². The molecule has 132 valence electrons. The third kappa shape index (κ3) is 14.6. The normalized spacial score (nSPS) is 12.1. The van der Waals surface area contributed by atoms with Gasteiger partial charge in [-0.25, -0.2) is 0 Å². The largest absolute Gasteiger partial charge is 0.381 e. The molecule has 0 saturated carbocycles. The zero-order valence-corrected chi connectivity index (χ0v) is 15.9. The molecule has 3 nitrogen and oxygen atoms in total. The van der Waals surface area contributed by atoms with Crippen LogP contribution in [0.25, 0.3) is 0 Å². The summed E-state index contributed by atoms with van der Waals surface area (Å²) in [6.45, 7) is 10.4. The molecule has 4 heteroatoms. The predicted molar refractivity (Wildman–Crippen MR) is 101 cm³/mol. The summed E-state index contributed by atoms with van der Waals surface area (Å²) >= 11 is 5.26. The van der Waals surface area contributed by atoms with Crippen LogP contribution in [0.3, 0.4) is 0 Å². The minimum Gasteiger partial charge on any atom is -0.381 e. The van der Waals surface area contributed by atoms with Crippen LogP contribution in [-0.4, -0.2) is 31.4 Å². The van der Waals surface area contributed by atoms with E-state index >= 15 is 0 Å². The van der Waals surface area contributed by atoms with Crippen LogP contribution in [0.1, 0.15) is 78.6 Å². The molecule has 22 heavy (non-hydrogen) atoms. The highest BCUT2D eigenvalue weighted by atomic mass is 32.1. The van der Waals surface area contributed by atoms with Gasteiger partial charge in [-0.1, -0.05) is 59.3 Å². The van der Waals surface area contributed by atoms with Crippen molar-refractivity contribution in [3.05, 3.63) is 0 Å². The minimum atomic E-state index is 0.735. The first-order chi connectivity index (χ1) is 10.7. The third-order valence-electron chi connectivity index (χ3n) is 3.96. The van der Waals surface area contributed by atoms with Crippen LogP contribution < -0.4 is 10.6 Å². The van der Waals surface area contributed by atoms with Crippen molar-refractivity contribution in [2.75, 3.05) is 26.3 Å². The van der Waals surface area contributed by atoms with Crippen LogP contribution in [0.15, 0.2) is 0 Å². The average Bonchev–Trinajstić information content (AvgIpc) is 2.53. The van der Waals surface area contributed by atoms with E-state index in [1.807, 2.05) is 0 Å². The summed E-state index contributed by atoms with van der Waals surface area (Å²) in [5.74, 6) is 0.735. The van der Waals surface area contributed by atoms with Crippen molar-refractivity contribution in [2.24, 2.45) is 5.92 Å². The first-order valence-electron chi connectivity index (χ1n) is 9.33. The fourth-order valence-electron chi connectivity index (χ4n) is 2.34. The average molecular weight is 331 g/mol. The van der Waals surface area contributed by atoms with Gasteiger partial charge < -0.3 is 15.4 Å². The van der Waals surface area contributed by atoms with Gasteiger partial charge in [-0.15, -0.1) is 0 Å². The van der Waals surface area contributed by atoms with Gasteiger partial charge in [0, 0.05) is 26.3 Å². The van der Waals surface area contributed by atoms with Gasteiger partial charge >= 0.3 is 0 Å². The second-order valence-corrected chi connectivity index (χ2v) is 6.50. The van der Waals surface area contributed by atoms with E-state index in [1.165, 1.54) is 51.4 Å².